The van der Waals surface area contributed by atoms with Crippen molar-refractivity contribution in [2.75, 3.05) is 0 Å². The van der Waals surface area contributed by atoms with E-state index in [0.29, 0.717) is 0 Å². The fraction of sp³-hybridized carbons (Fsp3) is 0.500. The van der Waals surface area contributed by atoms with Gasteiger partial charge in [0.15, 0.2) is 0 Å². The van der Waals surface area contributed by atoms with Crippen LogP contribution in [0.4, 0.5) is 0 Å². The fourth-order valence-electron chi connectivity index (χ4n) is 1.33. The van der Waals surface area contributed by atoms with E-state index in [1.807, 2.05) is 0 Å². The summed E-state index contributed by atoms with van der Waals surface area (Å²) in [6.45, 7) is 5.58. The Hall–Kier alpha value is -0.550. The minimum absolute atomic E-state index is 0.773. The summed E-state index contributed by atoms with van der Waals surface area (Å²) < 4.78 is 2.25. The predicted octanol–water partition coefficient (Wildman–Crippen LogP) is 2.98. The number of aryl methyl sites for hydroxylation is 1. The van der Waals surface area contributed by atoms with Crippen LogP contribution in [0.25, 0.3) is 0 Å². The average molecular weight is 209 g/mol. The van der Waals surface area contributed by atoms with E-state index in [0.717, 1.165) is 18.9 Å². The van der Waals surface area contributed by atoms with Crippen molar-refractivity contribution >= 4 is 14.7 Å². The van der Waals surface area contributed by atoms with Crippen molar-refractivity contribution in [3.8, 4) is 0 Å². The molecule has 0 spiro atoms. The number of rotatable bonds is 5. The van der Waals surface area contributed by atoms with Crippen LogP contribution in [0.1, 0.15) is 26.7 Å². The summed E-state index contributed by atoms with van der Waals surface area (Å²) in [7, 11) is 2.75. The van der Waals surface area contributed by atoms with Crippen molar-refractivity contribution in [3.05, 3.63) is 30.5 Å². The number of allylic oxidation sites excluding steroid dienone is 2. The van der Waals surface area contributed by atoms with Gasteiger partial charge >= 0.3 is 0 Å². The molecule has 0 N–H and O–H groups in total. The van der Waals surface area contributed by atoms with E-state index in [-0.39, 0.29) is 0 Å². The maximum absolute atomic E-state index is 2.75. The third-order valence-corrected chi connectivity index (χ3v) is 2.70. The van der Waals surface area contributed by atoms with Gasteiger partial charge in [0.25, 0.3) is 0 Å². The van der Waals surface area contributed by atoms with Gasteiger partial charge in [0.1, 0.15) is 0 Å². The van der Waals surface area contributed by atoms with E-state index in [4.69, 9.17) is 0 Å². The van der Waals surface area contributed by atoms with Crippen LogP contribution in [-0.2, 0) is 6.54 Å². The molecule has 0 amide bonds. The summed E-state index contributed by atoms with van der Waals surface area (Å²) in [6.07, 6.45) is 9.02. The SMILES string of the molecule is CC(C)C/C=C\CCn1cccc1P. The minimum atomic E-state index is 0.773. The van der Waals surface area contributed by atoms with E-state index in [1.165, 1.54) is 11.9 Å². The Kier molecular flexibility index (Phi) is 4.97. The smallest absolute Gasteiger partial charge is 0.0347 e. The second kappa shape index (κ2) is 6.03. The zero-order chi connectivity index (χ0) is 10.4. The summed E-state index contributed by atoms with van der Waals surface area (Å²) >= 11 is 0. The maximum Gasteiger partial charge on any atom is 0.0347 e. The molecule has 1 heterocycles. The minimum Gasteiger partial charge on any atom is -0.348 e. The highest BCUT2D eigenvalue weighted by Gasteiger charge is 1.92. The molecule has 1 unspecified atom stereocenters. The highest BCUT2D eigenvalue weighted by Crippen LogP contribution is 2.01. The van der Waals surface area contributed by atoms with Crippen LogP contribution in [0, 0.1) is 5.92 Å². The molecule has 2 heteroatoms. The van der Waals surface area contributed by atoms with E-state index in [2.05, 4.69) is 58.1 Å². The summed E-state index contributed by atoms with van der Waals surface area (Å²) in [5.74, 6) is 0.773. The summed E-state index contributed by atoms with van der Waals surface area (Å²) in [5, 5.41) is 0. The number of aromatic nitrogens is 1. The average Bonchev–Trinajstić information content (AvgIpc) is 2.51. The highest BCUT2D eigenvalue weighted by molar-refractivity contribution is 7.27. The standard InChI is InChI=1S/C12H20NP/c1-11(2)7-4-3-5-9-13-10-6-8-12(13)14/h3-4,6,8,10-11H,5,7,9,14H2,1-2H3/b4-3-. The monoisotopic (exact) mass is 209 g/mol. The normalized spacial score (nSPS) is 11.7. The molecule has 0 aromatic carbocycles. The number of nitrogens with zero attached hydrogens (tertiary/aromatic N) is 1. The largest absolute Gasteiger partial charge is 0.348 e. The lowest BCUT2D eigenvalue weighted by atomic mass is 10.1. The zero-order valence-electron chi connectivity index (χ0n) is 9.11. The molecule has 78 valence electrons. The van der Waals surface area contributed by atoms with Crippen molar-refractivity contribution in [3.63, 3.8) is 0 Å². The van der Waals surface area contributed by atoms with Gasteiger partial charge in [0.2, 0.25) is 0 Å². The van der Waals surface area contributed by atoms with Crippen LogP contribution in [0.5, 0.6) is 0 Å². The van der Waals surface area contributed by atoms with Crippen molar-refractivity contribution < 1.29 is 0 Å². The lowest BCUT2D eigenvalue weighted by Crippen LogP contribution is -2.07. The number of hydrogen-bond acceptors (Lipinski definition) is 0. The molecule has 1 aromatic heterocycles. The molecule has 0 saturated heterocycles. The molecule has 14 heavy (non-hydrogen) atoms. The Morgan fingerprint density at radius 2 is 2.21 bits per heavy atom. The molecule has 0 saturated carbocycles. The van der Waals surface area contributed by atoms with Crippen LogP contribution < -0.4 is 5.44 Å². The quantitative estimate of drug-likeness (QED) is 0.519. The molecule has 1 atom stereocenters. The lowest BCUT2D eigenvalue weighted by molar-refractivity contribution is 0.659. The molecule has 0 bridgehead atoms. The van der Waals surface area contributed by atoms with Crippen LogP contribution in [0.2, 0.25) is 0 Å². The summed E-state index contributed by atoms with van der Waals surface area (Å²) in [5.41, 5.74) is 1.27. The van der Waals surface area contributed by atoms with Crippen molar-refractivity contribution in [2.45, 2.75) is 33.2 Å². The van der Waals surface area contributed by atoms with Crippen molar-refractivity contribution in [1.29, 1.82) is 0 Å². The van der Waals surface area contributed by atoms with Crippen molar-refractivity contribution in [1.82, 2.24) is 4.57 Å². The summed E-state index contributed by atoms with van der Waals surface area (Å²) in [6, 6.07) is 4.20. The number of hydrogen-bond donors (Lipinski definition) is 0. The first kappa shape index (κ1) is 11.5. The third kappa shape index (κ3) is 4.11. The van der Waals surface area contributed by atoms with E-state index in [1.54, 1.807) is 0 Å². The van der Waals surface area contributed by atoms with Gasteiger partial charge in [-0.2, -0.15) is 0 Å². The maximum atomic E-state index is 2.75. The van der Waals surface area contributed by atoms with Gasteiger partial charge in [-0.3, -0.25) is 0 Å². The third-order valence-electron chi connectivity index (χ3n) is 2.18. The highest BCUT2D eigenvalue weighted by atomic mass is 31.0. The Bertz CT molecular complexity index is 286. The molecule has 1 nitrogen and oxygen atoms in total. The van der Waals surface area contributed by atoms with Gasteiger partial charge in [-0.05, 0) is 30.9 Å². The van der Waals surface area contributed by atoms with Gasteiger partial charge in [-0.15, -0.1) is 0 Å². The van der Waals surface area contributed by atoms with E-state index in [9.17, 15) is 0 Å². The second-order valence-corrected chi connectivity index (χ2v) is 4.61. The van der Waals surface area contributed by atoms with Gasteiger partial charge < -0.3 is 4.57 Å². The lowest BCUT2D eigenvalue weighted by Gasteiger charge is -2.02. The summed E-state index contributed by atoms with van der Waals surface area (Å²) in [4.78, 5) is 0. The van der Waals surface area contributed by atoms with Gasteiger partial charge in [0, 0.05) is 18.2 Å². The molecule has 0 fully saturated rings. The molecule has 1 aromatic rings. The Labute approximate surface area is 89.4 Å². The molecular weight excluding hydrogens is 189 g/mol. The molecule has 0 radical (unpaired) electrons. The van der Waals surface area contributed by atoms with Gasteiger partial charge in [-0.1, -0.05) is 35.2 Å². The first-order valence-corrected chi connectivity index (χ1v) is 5.83. The van der Waals surface area contributed by atoms with Crippen molar-refractivity contribution in [2.24, 2.45) is 5.92 Å². The second-order valence-electron chi connectivity index (χ2n) is 4.02. The van der Waals surface area contributed by atoms with Crippen LogP contribution in [0.15, 0.2) is 30.5 Å². The van der Waals surface area contributed by atoms with Crippen LogP contribution in [-0.4, -0.2) is 4.57 Å². The Morgan fingerprint density at radius 3 is 2.79 bits per heavy atom. The van der Waals surface area contributed by atoms with Gasteiger partial charge in [0.05, 0.1) is 0 Å². The van der Waals surface area contributed by atoms with E-state index >= 15 is 0 Å². The molecule has 0 aliphatic carbocycles. The Balaban J connectivity index is 2.22. The predicted molar refractivity (Wildman–Crippen MR) is 67.0 cm³/mol. The zero-order valence-corrected chi connectivity index (χ0v) is 10.3. The topological polar surface area (TPSA) is 4.93 Å². The molecule has 0 aliphatic heterocycles. The molecule has 1 rings (SSSR count). The van der Waals surface area contributed by atoms with Crippen LogP contribution in [0.3, 0.4) is 0 Å². The first-order valence-electron chi connectivity index (χ1n) is 5.25. The Morgan fingerprint density at radius 1 is 1.43 bits per heavy atom. The molecule has 0 aliphatic rings. The fourth-order valence-corrected chi connectivity index (χ4v) is 1.66. The first-order chi connectivity index (χ1) is 6.70. The molecular formula is C12H20NP. The van der Waals surface area contributed by atoms with Crippen LogP contribution >= 0.6 is 9.24 Å². The van der Waals surface area contributed by atoms with Gasteiger partial charge in [-0.25, -0.2) is 0 Å². The van der Waals surface area contributed by atoms with E-state index < -0.39 is 0 Å².